The molecule has 1 atom stereocenters. The van der Waals surface area contributed by atoms with Crippen molar-refractivity contribution in [2.45, 2.75) is 20.0 Å². The van der Waals surface area contributed by atoms with E-state index >= 15 is 0 Å². The van der Waals surface area contributed by atoms with Crippen molar-refractivity contribution >= 4 is 17.0 Å². The van der Waals surface area contributed by atoms with E-state index in [-0.39, 0.29) is 6.10 Å². The Labute approximate surface area is 136 Å². The summed E-state index contributed by atoms with van der Waals surface area (Å²) in [5, 5.41) is 0. The Hall–Kier alpha value is -2.33. The van der Waals surface area contributed by atoms with Gasteiger partial charge in [0.15, 0.2) is 0 Å². The summed E-state index contributed by atoms with van der Waals surface area (Å²) >= 11 is 0. The number of nitrogens with one attached hydrogen (secondary N) is 1. The third kappa shape index (κ3) is 2.70. The topological polar surface area (TPSA) is 41.2 Å². The van der Waals surface area contributed by atoms with Crippen molar-refractivity contribution in [1.82, 2.24) is 9.97 Å². The number of aromatic amines is 1. The van der Waals surface area contributed by atoms with Gasteiger partial charge in [0.1, 0.15) is 6.10 Å². The lowest BCUT2D eigenvalue weighted by molar-refractivity contribution is 0.0389. The van der Waals surface area contributed by atoms with E-state index in [1.54, 1.807) is 0 Å². The van der Waals surface area contributed by atoms with Crippen molar-refractivity contribution in [2.24, 2.45) is 0 Å². The van der Waals surface area contributed by atoms with Crippen LogP contribution < -0.4 is 4.90 Å². The molecule has 1 fully saturated rings. The van der Waals surface area contributed by atoms with Gasteiger partial charge < -0.3 is 14.6 Å². The average molecular weight is 307 g/mol. The summed E-state index contributed by atoms with van der Waals surface area (Å²) in [7, 11) is 0. The van der Waals surface area contributed by atoms with Crippen LogP contribution in [0.2, 0.25) is 0 Å². The number of hydrogen-bond donors (Lipinski definition) is 1. The Balaban J connectivity index is 1.61. The molecule has 2 heterocycles. The molecular weight excluding hydrogens is 286 g/mol. The predicted octanol–water partition coefficient (Wildman–Crippen LogP) is 3.76. The normalized spacial score (nSPS) is 18.5. The number of morpholine rings is 1. The van der Waals surface area contributed by atoms with Crippen LogP contribution in [0.1, 0.15) is 22.8 Å². The molecule has 0 saturated carbocycles. The molecule has 0 radical (unpaired) electrons. The van der Waals surface area contributed by atoms with Crippen LogP contribution in [0.15, 0.2) is 42.5 Å². The van der Waals surface area contributed by atoms with Gasteiger partial charge in [-0.3, -0.25) is 0 Å². The van der Waals surface area contributed by atoms with Gasteiger partial charge in [-0.1, -0.05) is 35.9 Å². The number of para-hydroxylation sites is 2. The summed E-state index contributed by atoms with van der Waals surface area (Å²) in [6, 6.07) is 14.7. The SMILES string of the molecule is Cc1ccc(C2CN(c3nc4ccccc4[nH]3)CCO2)c(C)c1. The molecule has 4 nitrogen and oxygen atoms in total. The van der Waals surface area contributed by atoms with Crippen LogP contribution in [-0.2, 0) is 4.74 Å². The Morgan fingerprint density at radius 1 is 1.17 bits per heavy atom. The van der Waals surface area contributed by atoms with Gasteiger partial charge >= 0.3 is 0 Å². The van der Waals surface area contributed by atoms with Crippen LogP contribution in [0, 0.1) is 13.8 Å². The first-order chi connectivity index (χ1) is 11.2. The molecule has 1 aliphatic rings. The molecule has 3 aromatic rings. The second-order valence-corrected chi connectivity index (χ2v) is 6.24. The van der Waals surface area contributed by atoms with E-state index in [4.69, 9.17) is 9.72 Å². The Morgan fingerprint density at radius 3 is 2.87 bits per heavy atom. The lowest BCUT2D eigenvalue weighted by Gasteiger charge is -2.33. The highest BCUT2D eigenvalue weighted by atomic mass is 16.5. The van der Waals surface area contributed by atoms with Crippen LogP contribution in [-0.4, -0.2) is 29.7 Å². The molecule has 1 saturated heterocycles. The fourth-order valence-electron chi connectivity index (χ4n) is 3.31. The van der Waals surface area contributed by atoms with Crippen molar-refractivity contribution in [3.63, 3.8) is 0 Å². The third-order valence-electron chi connectivity index (χ3n) is 4.52. The van der Waals surface area contributed by atoms with Crippen LogP contribution in [0.25, 0.3) is 11.0 Å². The zero-order valence-electron chi connectivity index (χ0n) is 13.5. The number of aryl methyl sites for hydroxylation is 2. The minimum absolute atomic E-state index is 0.0950. The smallest absolute Gasteiger partial charge is 0.204 e. The molecule has 0 aliphatic carbocycles. The van der Waals surface area contributed by atoms with Gasteiger partial charge in [-0.25, -0.2) is 4.98 Å². The number of anilines is 1. The molecule has 1 N–H and O–H groups in total. The fourth-order valence-corrected chi connectivity index (χ4v) is 3.31. The highest BCUT2D eigenvalue weighted by Crippen LogP contribution is 2.28. The molecule has 4 heteroatoms. The number of fused-ring (bicyclic) bond motifs is 1. The molecule has 118 valence electrons. The van der Waals surface area contributed by atoms with Crippen LogP contribution in [0.3, 0.4) is 0 Å². The van der Waals surface area contributed by atoms with Crippen molar-refractivity contribution in [3.05, 3.63) is 59.2 Å². The third-order valence-corrected chi connectivity index (χ3v) is 4.52. The molecule has 0 amide bonds. The van der Waals surface area contributed by atoms with Gasteiger partial charge in [0.2, 0.25) is 5.95 Å². The van der Waals surface area contributed by atoms with E-state index in [9.17, 15) is 0 Å². The van der Waals surface area contributed by atoms with E-state index < -0.39 is 0 Å². The number of hydrogen-bond acceptors (Lipinski definition) is 3. The molecule has 1 aliphatic heterocycles. The lowest BCUT2D eigenvalue weighted by atomic mass is 10.00. The van der Waals surface area contributed by atoms with Crippen molar-refractivity contribution in [3.8, 4) is 0 Å². The lowest BCUT2D eigenvalue weighted by Crippen LogP contribution is -2.39. The Kier molecular flexibility index (Phi) is 3.54. The molecule has 1 unspecified atom stereocenters. The highest BCUT2D eigenvalue weighted by Gasteiger charge is 2.25. The number of H-pyrrole nitrogens is 1. The van der Waals surface area contributed by atoms with E-state index in [1.807, 2.05) is 18.2 Å². The summed E-state index contributed by atoms with van der Waals surface area (Å²) in [4.78, 5) is 10.4. The molecule has 2 aromatic carbocycles. The van der Waals surface area contributed by atoms with Crippen molar-refractivity contribution < 1.29 is 4.74 Å². The summed E-state index contributed by atoms with van der Waals surface area (Å²) in [6.07, 6.45) is 0.0950. The second-order valence-electron chi connectivity index (χ2n) is 6.24. The maximum atomic E-state index is 6.03. The molecule has 23 heavy (non-hydrogen) atoms. The number of ether oxygens (including phenoxy) is 1. The van der Waals surface area contributed by atoms with E-state index in [2.05, 4.69) is 48.0 Å². The van der Waals surface area contributed by atoms with Gasteiger partial charge in [-0.2, -0.15) is 0 Å². The Bertz CT molecular complexity index is 807. The standard InChI is InChI=1S/C19H21N3O/c1-13-7-8-15(14(2)11-13)18-12-22(9-10-23-18)19-20-16-5-3-4-6-17(16)21-19/h3-8,11,18H,9-10,12H2,1-2H3,(H,20,21). The molecule has 4 rings (SSSR count). The number of rotatable bonds is 2. The summed E-state index contributed by atoms with van der Waals surface area (Å²) in [6.45, 7) is 6.69. The second kappa shape index (κ2) is 5.70. The summed E-state index contributed by atoms with van der Waals surface area (Å²) < 4.78 is 6.03. The number of aromatic nitrogens is 2. The molecule has 1 aromatic heterocycles. The number of nitrogens with zero attached hydrogens (tertiary/aromatic N) is 2. The molecular formula is C19H21N3O. The first-order valence-corrected chi connectivity index (χ1v) is 8.09. The van der Waals surface area contributed by atoms with Crippen LogP contribution in [0.5, 0.6) is 0 Å². The quantitative estimate of drug-likeness (QED) is 0.784. The highest BCUT2D eigenvalue weighted by molar-refractivity contribution is 5.77. The molecule has 0 bridgehead atoms. The minimum Gasteiger partial charge on any atom is -0.370 e. The van der Waals surface area contributed by atoms with Gasteiger partial charge in [-0.05, 0) is 37.1 Å². The van der Waals surface area contributed by atoms with Crippen molar-refractivity contribution in [2.75, 3.05) is 24.6 Å². The van der Waals surface area contributed by atoms with Gasteiger partial charge in [0.25, 0.3) is 0 Å². The fraction of sp³-hybridized carbons (Fsp3) is 0.316. The van der Waals surface area contributed by atoms with Crippen LogP contribution >= 0.6 is 0 Å². The zero-order chi connectivity index (χ0) is 15.8. The summed E-state index contributed by atoms with van der Waals surface area (Å²) in [5.41, 5.74) is 5.95. The van der Waals surface area contributed by atoms with Gasteiger partial charge in [0, 0.05) is 6.54 Å². The summed E-state index contributed by atoms with van der Waals surface area (Å²) in [5.74, 6) is 0.935. The number of benzene rings is 2. The first-order valence-electron chi connectivity index (χ1n) is 8.09. The van der Waals surface area contributed by atoms with E-state index in [1.165, 1.54) is 16.7 Å². The van der Waals surface area contributed by atoms with E-state index in [0.717, 1.165) is 36.7 Å². The maximum Gasteiger partial charge on any atom is 0.204 e. The van der Waals surface area contributed by atoms with Crippen LogP contribution in [0.4, 0.5) is 5.95 Å². The maximum absolute atomic E-state index is 6.03. The largest absolute Gasteiger partial charge is 0.370 e. The Morgan fingerprint density at radius 2 is 2.04 bits per heavy atom. The molecule has 0 spiro atoms. The monoisotopic (exact) mass is 307 g/mol. The van der Waals surface area contributed by atoms with E-state index in [0.29, 0.717) is 0 Å². The minimum atomic E-state index is 0.0950. The van der Waals surface area contributed by atoms with Gasteiger partial charge in [0.05, 0.1) is 24.2 Å². The predicted molar refractivity (Wildman–Crippen MR) is 92.9 cm³/mol. The number of imidazole rings is 1. The average Bonchev–Trinajstić information content (AvgIpc) is 2.99. The first kappa shape index (κ1) is 14.3. The van der Waals surface area contributed by atoms with Gasteiger partial charge in [-0.15, -0.1) is 0 Å². The zero-order valence-corrected chi connectivity index (χ0v) is 13.5. The van der Waals surface area contributed by atoms with Crippen molar-refractivity contribution in [1.29, 1.82) is 0 Å².